The van der Waals surface area contributed by atoms with Crippen molar-refractivity contribution >= 4 is 10.8 Å². The summed E-state index contributed by atoms with van der Waals surface area (Å²) in [5.74, 6) is 0.768. The van der Waals surface area contributed by atoms with Gasteiger partial charge in [-0.3, -0.25) is 14.9 Å². The lowest BCUT2D eigenvalue weighted by Gasteiger charge is -2.42. The number of β-amino-alcohol motifs (C(OH)–C–C–N with tert-alkyl or cyclic N) is 1. The third kappa shape index (κ3) is 4.06. The van der Waals surface area contributed by atoms with Crippen molar-refractivity contribution in [1.29, 1.82) is 0 Å². The first-order chi connectivity index (χ1) is 14.8. The highest BCUT2D eigenvalue weighted by Crippen LogP contribution is 2.36. The summed E-state index contributed by atoms with van der Waals surface area (Å²) in [7, 11) is 0. The number of aliphatic hydroxyl groups excluding tert-OH is 1. The van der Waals surface area contributed by atoms with E-state index in [2.05, 4.69) is 38.2 Å². The molecule has 3 aromatic rings. The molecule has 1 aromatic heterocycles. The number of benzene rings is 2. The number of piperazine rings is 1. The monoisotopic (exact) mass is 408 g/mol. The van der Waals surface area contributed by atoms with Crippen LogP contribution in [0.25, 0.3) is 21.9 Å². The predicted octanol–water partition coefficient (Wildman–Crippen LogP) is 1.99. The van der Waals surface area contributed by atoms with Crippen LogP contribution in [0.4, 0.5) is 0 Å². The molecule has 0 amide bonds. The molecule has 1 unspecified atom stereocenters. The molecule has 0 saturated carbocycles. The Morgan fingerprint density at radius 1 is 1.13 bits per heavy atom. The first-order valence-electron chi connectivity index (χ1n) is 10.6. The van der Waals surface area contributed by atoms with Gasteiger partial charge in [-0.25, -0.2) is 0 Å². The first kappa shape index (κ1) is 19.5. The summed E-state index contributed by atoms with van der Waals surface area (Å²) in [6.07, 6.45) is 3.14. The fourth-order valence-electron chi connectivity index (χ4n) is 4.34. The molecular formula is C23H28N4O3. The van der Waals surface area contributed by atoms with Crippen molar-refractivity contribution in [2.24, 2.45) is 0 Å². The Morgan fingerprint density at radius 2 is 1.97 bits per heavy atom. The van der Waals surface area contributed by atoms with Crippen LogP contribution in [0.3, 0.4) is 0 Å². The molecule has 3 heterocycles. The first-order valence-corrected chi connectivity index (χ1v) is 10.6. The van der Waals surface area contributed by atoms with Crippen molar-refractivity contribution in [2.75, 3.05) is 52.5 Å². The molecule has 5 rings (SSSR count). The average molecular weight is 409 g/mol. The van der Waals surface area contributed by atoms with Gasteiger partial charge < -0.3 is 14.6 Å². The highest BCUT2D eigenvalue weighted by atomic mass is 16.5. The molecule has 2 saturated heterocycles. The zero-order valence-corrected chi connectivity index (χ0v) is 17.0. The second kappa shape index (κ2) is 8.73. The SMILES string of the molecule is OC(COc1ccc2ccccc2c1-c1cn[nH]c1)CN1CCN(C2COC2)CC1. The van der Waals surface area contributed by atoms with Crippen LogP contribution in [0.2, 0.25) is 0 Å². The summed E-state index contributed by atoms with van der Waals surface area (Å²) in [6, 6.07) is 12.9. The lowest BCUT2D eigenvalue weighted by atomic mass is 9.99. The highest BCUT2D eigenvalue weighted by Gasteiger charge is 2.29. The number of aromatic nitrogens is 2. The van der Waals surface area contributed by atoms with Crippen LogP contribution < -0.4 is 4.74 Å². The van der Waals surface area contributed by atoms with Crippen LogP contribution in [0, 0.1) is 0 Å². The number of aliphatic hydroxyl groups is 1. The Bertz CT molecular complexity index is 966. The smallest absolute Gasteiger partial charge is 0.128 e. The maximum absolute atomic E-state index is 10.6. The van der Waals surface area contributed by atoms with E-state index < -0.39 is 6.10 Å². The van der Waals surface area contributed by atoms with Gasteiger partial charge in [0.2, 0.25) is 0 Å². The summed E-state index contributed by atoms with van der Waals surface area (Å²) >= 11 is 0. The van der Waals surface area contributed by atoms with Crippen LogP contribution >= 0.6 is 0 Å². The topological polar surface area (TPSA) is 73.9 Å². The van der Waals surface area contributed by atoms with Gasteiger partial charge in [-0.15, -0.1) is 0 Å². The van der Waals surface area contributed by atoms with E-state index in [1.165, 1.54) is 0 Å². The normalized spacial score (nSPS) is 19.6. The highest BCUT2D eigenvalue weighted by molar-refractivity contribution is 5.99. The van der Waals surface area contributed by atoms with Crippen molar-refractivity contribution in [2.45, 2.75) is 12.1 Å². The minimum atomic E-state index is -0.535. The second-order valence-corrected chi connectivity index (χ2v) is 8.14. The molecule has 7 heteroatoms. The quantitative estimate of drug-likeness (QED) is 0.623. The maximum Gasteiger partial charge on any atom is 0.128 e. The van der Waals surface area contributed by atoms with E-state index in [1.54, 1.807) is 6.20 Å². The molecule has 2 aliphatic heterocycles. The maximum atomic E-state index is 10.6. The van der Waals surface area contributed by atoms with E-state index in [9.17, 15) is 5.11 Å². The standard InChI is InChI=1S/C23H28N4O3/c28-20(13-26-7-9-27(10-8-26)19-14-29-15-19)16-30-22-6-5-17-3-1-2-4-21(17)23(22)18-11-24-25-12-18/h1-6,11-12,19-20,28H,7-10,13-16H2,(H,24,25). The molecule has 0 bridgehead atoms. The van der Waals surface area contributed by atoms with Crippen LogP contribution in [-0.2, 0) is 4.74 Å². The molecule has 2 N–H and O–H groups in total. The molecule has 0 aliphatic carbocycles. The molecule has 2 aliphatic rings. The number of H-pyrrole nitrogens is 1. The third-order valence-electron chi connectivity index (χ3n) is 6.12. The molecular weight excluding hydrogens is 380 g/mol. The number of ether oxygens (including phenoxy) is 2. The largest absolute Gasteiger partial charge is 0.490 e. The van der Waals surface area contributed by atoms with Crippen molar-refractivity contribution in [1.82, 2.24) is 20.0 Å². The fraction of sp³-hybridized carbons (Fsp3) is 0.435. The zero-order chi connectivity index (χ0) is 20.3. The Morgan fingerprint density at radius 3 is 2.70 bits per heavy atom. The van der Waals surface area contributed by atoms with Gasteiger partial charge in [-0.2, -0.15) is 5.10 Å². The van der Waals surface area contributed by atoms with Crippen molar-refractivity contribution in [3.63, 3.8) is 0 Å². The van der Waals surface area contributed by atoms with E-state index >= 15 is 0 Å². The predicted molar refractivity (Wildman–Crippen MR) is 116 cm³/mol. The summed E-state index contributed by atoms with van der Waals surface area (Å²) in [5.41, 5.74) is 1.98. The molecule has 0 spiro atoms. The molecule has 2 fully saturated rings. The number of hydrogen-bond acceptors (Lipinski definition) is 6. The second-order valence-electron chi connectivity index (χ2n) is 8.14. The molecule has 2 aromatic carbocycles. The van der Waals surface area contributed by atoms with Gasteiger partial charge in [0.1, 0.15) is 18.5 Å². The zero-order valence-electron chi connectivity index (χ0n) is 17.0. The summed E-state index contributed by atoms with van der Waals surface area (Å²) < 4.78 is 11.4. The average Bonchev–Trinajstić information content (AvgIpc) is 3.26. The van der Waals surface area contributed by atoms with Crippen LogP contribution in [0.1, 0.15) is 0 Å². The fourth-order valence-corrected chi connectivity index (χ4v) is 4.34. The molecule has 7 nitrogen and oxygen atoms in total. The summed E-state index contributed by atoms with van der Waals surface area (Å²) in [4.78, 5) is 4.82. The van der Waals surface area contributed by atoms with Crippen LogP contribution in [0.15, 0.2) is 48.8 Å². The molecule has 1 atom stereocenters. The van der Waals surface area contributed by atoms with Gasteiger partial charge in [0, 0.05) is 50.0 Å². The lowest BCUT2D eigenvalue weighted by molar-refractivity contribution is -0.0793. The van der Waals surface area contributed by atoms with Crippen molar-refractivity contribution in [3.8, 4) is 16.9 Å². The Labute approximate surface area is 176 Å². The number of fused-ring (bicyclic) bond motifs is 1. The number of hydrogen-bond donors (Lipinski definition) is 2. The van der Waals surface area contributed by atoms with E-state index in [1.807, 2.05) is 24.4 Å². The van der Waals surface area contributed by atoms with E-state index in [0.717, 1.165) is 67.0 Å². The molecule has 158 valence electrons. The van der Waals surface area contributed by atoms with Crippen LogP contribution in [0.5, 0.6) is 5.75 Å². The molecule has 30 heavy (non-hydrogen) atoms. The number of aromatic amines is 1. The van der Waals surface area contributed by atoms with E-state index in [0.29, 0.717) is 12.6 Å². The minimum Gasteiger partial charge on any atom is -0.490 e. The number of nitrogens with zero attached hydrogens (tertiary/aromatic N) is 3. The summed E-state index contributed by atoms with van der Waals surface area (Å²) in [5, 5.41) is 19.9. The minimum absolute atomic E-state index is 0.264. The molecule has 0 radical (unpaired) electrons. The van der Waals surface area contributed by atoms with Gasteiger partial charge in [0.05, 0.1) is 25.5 Å². The number of nitrogens with one attached hydrogen (secondary N) is 1. The van der Waals surface area contributed by atoms with Gasteiger partial charge >= 0.3 is 0 Å². The van der Waals surface area contributed by atoms with Crippen molar-refractivity contribution in [3.05, 3.63) is 48.8 Å². The summed E-state index contributed by atoms with van der Waals surface area (Å²) in [6.45, 7) is 6.65. The lowest BCUT2D eigenvalue weighted by Crippen LogP contribution is -2.57. The Hall–Kier alpha value is -2.45. The van der Waals surface area contributed by atoms with Gasteiger partial charge in [0.25, 0.3) is 0 Å². The van der Waals surface area contributed by atoms with Gasteiger partial charge in [-0.1, -0.05) is 30.3 Å². The van der Waals surface area contributed by atoms with E-state index in [-0.39, 0.29) is 6.61 Å². The van der Waals surface area contributed by atoms with Gasteiger partial charge in [-0.05, 0) is 16.8 Å². The number of rotatable bonds is 7. The third-order valence-corrected chi connectivity index (χ3v) is 6.12. The van der Waals surface area contributed by atoms with E-state index in [4.69, 9.17) is 9.47 Å². The Kier molecular flexibility index (Phi) is 5.68. The van der Waals surface area contributed by atoms with Crippen LogP contribution in [-0.4, -0.2) is 89.8 Å². The Balaban J connectivity index is 1.22. The van der Waals surface area contributed by atoms with Gasteiger partial charge in [0.15, 0.2) is 0 Å². The van der Waals surface area contributed by atoms with Crippen molar-refractivity contribution < 1.29 is 14.6 Å².